The Labute approximate surface area is 189 Å². The number of hydrogen-bond acceptors (Lipinski definition) is 4. The topological polar surface area (TPSA) is 95.5 Å². The quantitative estimate of drug-likeness (QED) is 0.546. The summed E-state index contributed by atoms with van der Waals surface area (Å²) >= 11 is 1.53. The highest BCUT2D eigenvalue weighted by Crippen LogP contribution is 2.44. The predicted octanol–water partition coefficient (Wildman–Crippen LogP) is 5.01. The number of fused-ring (bicyclic) bond motifs is 1. The molecule has 1 aromatic heterocycles. The molecule has 0 bridgehead atoms. The molecule has 7 heteroatoms. The van der Waals surface area contributed by atoms with E-state index in [1.165, 1.54) is 16.2 Å². The van der Waals surface area contributed by atoms with Gasteiger partial charge in [0.25, 0.3) is 5.91 Å². The number of rotatable bonds is 7. The van der Waals surface area contributed by atoms with Crippen molar-refractivity contribution in [3.05, 3.63) is 16.0 Å². The Bertz CT molecular complexity index is 833. The normalized spacial score (nSPS) is 20.2. The number of carbonyl (C=O) groups is 3. The Morgan fingerprint density at radius 3 is 2.42 bits per heavy atom. The zero-order chi connectivity index (χ0) is 22.8. The molecule has 1 saturated carbocycles. The minimum atomic E-state index is -0.906. The highest BCUT2D eigenvalue weighted by Gasteiger charge is 2.34. The van der Waals surface area contributed by atoms with Crippen LogP contribution in [0.5, 0.6) is 0 Å². The van der Waals surface area contributed by atoms with Gasteiger partial charge in [-0.1, -0.05) is 40.5 Å². The summed E-state index contributed by atoms with van der Waals surface area (Å²) in [6.45, 7) is 8.54. The van der Waals surface area contributed by atoms with Crippen molar-refractivity contribution in [2.45, 2.75) is 91.5 Å². The van der Waals surface area contributed by atoms with E-state index in [0.717, 1.165) is 50.5 Å². The van der Waals surface area contributed by atoms with Gasteiger partial charge in [0.2, 0.25) is 5.91 Å². The molecule has 0 saturated heterocycles. The van der Waals surface area contributed by atoms with Crippen LogP contribution in [0.4, 0.5) is 5.00 Å². The molecule has 0 spiro atoms. The van der Waals surface area contributed by atoms with Gasteiger partial charge in [0.1, 0.15) is 5.00 Å². The van der Waals surface area contributed by atoms with Crippen LogP contribution >= 0.6 is 11.3 Å². The van der Waals surface area contributed by atoms with Crippen molar-refractivity contribution < 1.29 is 19.5 Å². The number of carboxylic acids is 1. The van der Waals surface area contributed by atoms with Gasteiger partial charge in [0.15, 0.2) is 0 Å². The Morgan fingerprint density at radius 2 is 1.81 bits per heavy atom. The Kier molecular flexibility index (Phi) is 7.45. The summed E-state index contributed by atoms with van der Waals surface area (Å²) in [5.74, 6) is -0.921. The lowest BCUT2D eigenvalue weighted by molar-refractivity contribution is -0.138. The fourth-order valence-corrected chi connectivity index (χ4v) is 6.19. The third kappa shape index (κ3) is 6.09. The van der Waals surface area contributed by atoms with E-state index >= 15 is 0 Å². The molecule has 172 valence electrons. The van der Waals surface area contributed by atoms with Crippen LogP contribution in [-0.2, 0) is 22.4 Å². The first-order valence-corrected chi connectivity index (χ1v) is 12.3. The van der Waals surface area contributed by atoms with E-state index < -0.39 is 5.97 Å². The molecule has 0 aromatic carbocycles. The number of hydrogen-bond donors (Lipinski definition) is 3. The van der Waals surface area contributed by atoms with E-state index in [9.17, 15) is 14.4 Å². The first kappa shape index (κ1) is 23.8. The van der Waals surface area contributed by atoms with Crippen molar-refractivity contribution in [3.8, 4) is 0 Å². The molecular formula is C24H36N2O4S. The van der Waals surface area contributed by atoms with Crippen molar-refractivity contribution in [3.63, 3.8) is 0 Å². The van der Waals surface area contributed by atoms with Crippen molar-refractivity contribution >= 4 is 34.1 Å². The largest absolute Gasteiger partial charge is 0.481 e. The minimum Gasteiger partial charge on any atom is -0.481 e. The lowest BCUT2D eigenvalue weighted by Crippen LogP contribution is -2.34. The SMILES string of the molecule is C[C@H](CC(=O)O)CC(=O)Nc1sc2c(c1C(=O)NC1CCCC1)CC[C@H](C(C)(C)C)C2. The van der Waals surface area contributed by atoms with Crippen LogP contribution in [0.15, 0.2) is 0 Å². The smallest absolute Gasteiger partial charge is 0.303 e. The van der Waals surface area contributed by atoms with Gasteiger partial charge in [-0.3, -0.25) is 14.4 Å². The van der Waals surface area contributed by atoms with Crippen LogP contribution in [0.25, 0.3) is 0 Å². The van der Waals surface area contributed by atoms with Crippen LogP contribution in [0.2, 0.25) is 0 Å². The molecule has 31 heavy (non-hydrogen) atoms. The molecule has 0 unspecified atom stereocenters. The monoisotopic (exact) mass is 448 g/mol. The maximum atomic E-state index is 13.2. The Balaban J connectivity index is 1.82. The van der Waals surface area contributed by atoms with Crippen molar-refractivity contribution in [1.29, 1.82) is 0 Å². The average molecular weight is 449 g/mol. The molecule has 0 radical (unpaired) electrons. The van der Waals surface area contributed by atoms with Crippen LogP contribution in [0, 0.1) is 17.3 Å². The number of thiophene rings is 1. The van der Waals surface area contributed by atoms with Gasteiger partial charge in [-0.05, 0) is 54.9 Å². The van der Waals surface area contributed by atoms with Crippen LogP contribution in [0.1, 0.15) is 93.4 Å². The molecule has 2 atom stereocenters. The molecule has 1 heterocycles. The number of anilines is 1. The van der Waals surface area contributed by atoms with Crippen molar-refractivity contribution in [2.24, 2.45) is 17.3 Å². The first-order valence-electron chi connectivity index (χ1n) is 11.5. The summed E-state index contributed by atoms with van der Waals surface area (Å²) in [5, 5.41) is 15.7. The van der Waals surface area contributed by atoms with Crippen LogP contribution in [0.3, 0.4) is 0 Å². The van der Waals surface area contributed by atoms with Gasteiger partial charge in [0, 0.05) is 23.8 Å². The first-order chi connectivity index (χ1) is 14.5. The van der Waals surface area contributed by atoms with E-state index in [4.69, 9.17) is 5.11 Å². The summed E-state index contributed by atoms with van der Waals surface area (Å²) in [7, 11) is 0. The summed E-state index contributed by atoms with van der Waals surface area (Å²) in [6, 6.07) is 0.216. The highest BCUT2D eigenvalue weighted by molar-refractivity contribution is 7.17. The third-order valence-corrected chi connectivity index (χ3v) is 7.89. The van der Waals surface area contributed by atoms with E-state index in [1.54, 1.807) is 6.92 Å². The highest BCUT2D eigenvalue weighted by atomic mass is 32.1. The number of amides is 2. The van der Waals surface area contributed by atoms with Crippen LogP contribution < -0.4 is 10.6 Å². The van der Waals surface area contributed by atoms with Gasteiger partial charge in [-0.25, -0.2) is 0 Å². The second kappa shape index (κ2) is 9.72. The lowest BCUT2D eigenvalue weighted by atomic mass is 9.72. The summed E-state index contributed by atoms with van der Waals surface area (Å²) in [5.41, 5.74) is 1.93. The molecule has 1 fully saturated rings. The fourth-order valence-electron chi connectivity index (χ4n) is 4.85. The summed E-state index contributed by atoms with van der Waals surface area (Å²) < 4.78 is 0. The summed E-state index contributed by atoms with van der Waals surface area (Å²) in [4.78, 5) is 38.0. The van der Waals surface area contributed by atoms with E-state index in [-0.39, 0.29) is 42.0 Å². The van der Waals surface area contributed by atoms with E-state index in [0.29, 0.717) is 16.5 Å². The molecule has 2 amide bonds. The van der Waals surface area contributed by atoms with Gasteiger partial charge >= 0.3 is 5.97 Å². The maximum Gasteiger partial charge on any atom is 0.303 e. The lowest BCUT2D eigenvalue weighted by Gasteiger charge is -2.33. The molecule has 3 rings (SSSR count). The molecule has 3 N–H and O–H groups in total. The Morgan fingerprint density at radius 1 is 1.13 bits per heavy atom. The van der Waals surface area contributed by atoms with Crippen molar-refractivity contribution in [1.82, 2.24) is 5.32 Å². The van der Waals surface area contributed by atoms with Gasteiger partial charge < -0.3 is 15.7 Å². The van der Waals surface area contributed by atoms with Crippen molar-refractivity contribution in [2.75, 3.05) is 5.32 Å². The van der Waals surface area contributed by atoms with E-state index in [2.05, 4.69) is 31.4 Å². The average Bonchev–Trinajstić information content (AvgIpc) is 3.26. The standard InChI is InChI=1S/C24H36N2O4S/c1-14(12-20(28)29)11-19(27)26-23-21(22(30)25-16-7-5-6-8-16)17-10-9-15(24(2,3)4)13-18(17)31-23/h14-16H,5-13H2,1-4H3,(H,25,30)(H,26,27)(H,28,29)/t14-,15-/m0/s1. The number of nitrogens with one attached hydrogen (secondary N) is 2. The number of carbonyl (C=O) groups excluding carboxylic acids is 2. The molecule has 0 aliphatic heterocycles. The van der Waals surface area contributed by atoms with E-state index in [1.807, 2.05) is 0 Å². The molecule has 2 aliphatic rings. The maximum absolute atomic E-state index is 13.2. The molecule has 1 aromatic rings. The third-order valence-electron chi connectivity index (χ3n) is 6.72. The van der Waals surface area contributed by atoms with Crippen LogP contribution in [-0.4, -0.2) is 28.9 Å². The predicted molar refractivity (Wildman–Crippen MR) is 124 cm³/mol. The second-order valence-corrected chi connectivity index (χ2v) is 11.5. The summed E-state index contributed by atoms with van der Waals surface area (Å²) in [6.07, 6.45) is 7.22. The minimum absolute atomic E-state index is 0.0450. The number of aliphatic carboxylic acids is 1. The Hall–Kier alpha value is -1.89. The fraction of sp³-hybridized carbons (Fsp3) is 0.708. The van der Waals surface area contributed by atoms with Gasteiger partial charge in [0.05, 0.1) is 5.56 Å². The zero-order valence-corrected chi connectivity index (χ0v) is 20.0. The molecule has 2 aliphatic carbocycles. The molecular weight excluding hydrogens is 412 g/mol. The number of carboxylic acid groups (broad SMARTS) is 1. The molecule has 6 nitrogen and oxygen atoms in total. The second-order valence-electron chi connectivity index (χ2n) is 10.4. The zero-order valence-electron chi connectivity index (χ0n) is 19.2. The van der Waals surface area contributed by atoms with Gasteiger partial charge in [-0.15, -0.1) is 11.3 Å². The van der Waals surface area contributed by atoms with Gasteiger partial charge in [-0.2, -0.15) is 0 Å².